The molecular formula is C16H13BrN2O4S. The van der Waals surface area contributed by atoms with Crippen molar-refractivity contribution < 1.29 is 18.7 Å². The first kappa shape index (κ1) is 16.7. The van der Waals surface area contributed by atoms with Crippen molar-refractivity contribution in [3.63, 3.8) is 0 Å². The lowest BCUT2D eigenvalue weighted by Gasteiger charge is -2.07. The normalized spacial score (nSPS) is 17.4. The third-order valence-electron chi connectivity index (χ3n) is 3.13. The van der Waals surface area contributed by atoms with Crippen molar-refractivity contribution in [2.45, 2.75) is 0 Å². The Morgan fingerprint density at radius 3 is 2.75 bits per heavy atom. The van der Waals surface area contributed by atoms with Crippen LogP contribution in [0.25, 0.3) is 6.08 Å². The van der Waals surface area contributed by atoms with Crippen molar-refractivity contribution in [1.29, 1.82) is 0 Å². The SMILES string of the molecule is COc1ccc(N=C2NC(=O)/C(=C\c3ccc(Br)o3)S2)c(OC)c1. The highest BCUT2D eigenvalue weighted by molar-refractivity contribution is 9.10. The number of thioether (sulfide) groups is 1. The summed E-state index contributed by atoms with van der Waals surface area (Å²) in [5, 5.41) is 3.20. The number of amidine groups is 1. The van der Waals surface area contributed by atoms with Crippen LogP contribution in [0.5, 0.6) is 11.5 Å². The maximum atomic E-state index is 12.1. The fourth-order valence-electron chi connectivity index (χ4n) is 2.00. The summed E-state index contributed by atoms with van der Waals surface area (Å²) in [5.41, 5.74) is 0.600. The molecule has 2 aromatic rings. The van der Waals surface area contributed by atoms with Crippen LogP contribution in [-0.2, 0) is 4.79 Å². The fraction of sp³-hybridized carbons (Fsp3) is 0.125. The van der Waals surface area contributed by atoms with E-state index in [0.717, 1.165) is 0 Å². The number of aliphatic imine (C=N–C) groups is 1. The minimum absolute atomic E-state index is 0.223. The Hall–Kier alpha value is -2.19. The van der Waals surface area contributed by atoms with Gasteiger partial charge in [-0.2, -0.15) is 0 Å². The number of rotatable bonds is 4. The van der Waals surface area contributed by atoms with E-state index in [9.17, 15) is 4.79 Å². The Balaban J connectivity index is 1.85. The molecule has 0 unspecified atom stereocenters. The summed E-state index contributed by atoms with van der Waals surface area (Å²) in [5.74, 6) is 1.59. The van der Waals surface area contributed by atoms with Gasteiger partial charge < -0.3 is 19.2 Å². The Kier molecular flexibility index (Phi) is 4.96. The molecule has 1 fully saturated rings. The van der Waals surface area contributed by atoms with Crippen LogP contribution in [0, 0.1) is 0 Å². The van der Waals surface area contributed by atoms with Gasteiger partial charge in [-0.05, 0) is 52.0 Å². The summed E-state index contributed by atoms with van der Waals surface area (Å²) < 4.78 is 16.5. The summed E-state index contributed by atoms with van der Waals surface area (Å²) in [6.45, 7) is 0. The number of nitrogens with one attached hydrogen (secondary N) is 1. The molecule has 6 nitrogen and oxygen atoms in total. The minimum atomic E-state index is -0.223. The van der Waals surface area contributed by atoms with Crippen LogP contribution < -0.4 is 14.8 Å². The number of methoxy groups -OCH3 is 2. The zero-order valence-electron chi connectivity index (χ0n) is 12.8. The molecule has 1 aliphatic rings. The van der Waals surface area contributed by atoms with E-state index >= 15 is 0 Å². The average Bonchev–Trinajstić information content (AvgIpc) is 3.14. The summed E-state index contributed by atoms with van der Waals surface area (Å²) in [6, 6.07) is 8.81. The summed E-state index contributed by atoms with van der Waals surface area (Å²) in [6.07, 6.45) is 1.67. The number of hydrogen-bond acceptors (Lipinski definition) is 6. The largest absolute Gasteiger partial charge is 0.497 e. The van der Waals surface area contributed by atoms with Gasteiger partial charge in [0.1, 0.15) is 22.9 Å². The van der Waals surface area contributed by atoms with E-state index in [4.69, 9.17) is 13.9 Å². The molecule has 0 radical (unpaired) electrons. The summed E-state index contributed by atoms with van der Waals surface area (Å²) >= 11 is 4.46. The standard InChI is InChI=1S/C16H13BrN2O4S/c1-21-9-3-5-11(12(7-9)22-2)18-16-19-15(20)13(24-16)8-10-4-6-14(17)23-10/h3-8H,1-2H3,(H,18,19,20)/b13-8+. The van der Waals surface area contributed by atoms with Gasteiger partial charge in [0.05, 0.1) is 19.1 Å². The maximum Gasteiger partial charge on any atom is 0.264 e. The molecule has 1 aromatic heterocycles. The first-order valence-electron chi connectivity index (χ1n) is 6.86. The number of hydrogen-bond donors (Lipinski definition) is 1. The molecule has 0 aliphatic carbocycles. The quantitative estimate of drug-likeness (QED) is 0.775. The molecule has 24 heavy (non-hydrogen) atoms. The van der Waals surface area contributed by atoms with Crippen LogP contribution in [-0.4, -0.2) is 25.3 Å². The molecule has 1 aromatic carbocycles. The highest BCUT2D eigenvalue weighted by Crippen LogP contribution is 2.34. The van der Waals surface area contributed by atoms with E-state index in [2.05, 4.69) is 26.2 Å². The predicted molar refractivity (Wildman–Crippen MR) is 96.8 cm³/mol. The van der Waals surface area contributed by atoms with Crippen molar-refractivity contribution in [2.75, 3.05) is 14.2 Å². The van der Waals surface area contributed by atoms with Crippen LogP contribution in [0.1, 0.15) is 5.76 Å². The number of carbonyl (C=O) groups is 1. The van der Waals surface area contributed by atoms with E-state index in [1.807, 2.05) is 0 Å². The molecule has 1 aliphatic heterocycles. The third-order valence-corrected chi connectivity index (χ3v) is 4.46. The molecule has 1 N–H and O–H groups in total. The number of amides is 1. The summed E-state index contributed by atoms with van der Waals surface area (Å²) in [7, 11) is 3.14. The highest BCUT2D eigenvalue weighted by atomic mass is 79.9. The van der Waals surface area contributed by atoms with E-state index in [1.54, 1.807) is 50.6 Å². The Morgan fingerprint density at radius 2 is 2.08 bits per heavy atom. The number of carbonyl (C=O) groups excluding carboxylic acids is 1. The van der Waals surface area contributed by atoms with Crippen LogP contribution in [0.15, 0.2) is 49.3 Å². The van der Waals surface area contributed by atoms with Crippen molar-refractivity contribution in [3.05, 3.63) is 45.7 Å². The van der Waals surface area contributed by atoms with Gasteiger partial charge in [-0.25, -0.2) is 4.99 Å². The van der Waals surface area contributed by atoms with Crippen molar-refractivity contribution in [1.82, 2.24) is 5.32 Å². The van der Waals surface area contributed by atoms with Gasteiger partial charge in [0, 0.05) is 12.1 Å². The fourth-order valence-corrected chi connectivity index (χ4v) is 3.14. The number of furan rings is 1. The number of nitrogens with zero attached hydrogens (tertiary/aromatic N) is 1. The lowest BCUT2D eigenvalue weighted by Crippen LogP contribution is -2.19. The Bertz CT molecular complexity index is 844. The average molecular weight is 409 g/mol. The second-order valence-electron chi connectivity index (χ2n) is 4.66. The van der Waals surface area contributed by atoms with Gasteiger partial charge in [0.15, 0.2) is 9.84 Å². The second kappa shape index (κ2) is 7.14. The molecule has 8 heteroatoms. The minimum Gasteiger partial charge on any atom is -0.497 e. The second-order valence-corrected chi connectivity index (χ2v) is 6.47. The molecule has 1 amide bonds. The van der Waals surface area contributed by atoms with E-state index < -0.39 is 0 Å². The molecule has 0 bridgehead atoms. The van der Waals surface area contributed by atoms with Gasteiger partial charge in [-0.15, -0.1) is 0 Å². The molecular weight excluding hydrogens is 396 g/mol. The van der Waals surface area contributed by atoms with Crippen LogP contribution >= 0.6 is 27.7 Å². The molecule has 0 saturated carbocycles. The molecule has 2 heterocycles. The zero-order chi connectivity index (χ0) is 17.1. The molecule has 0 atom stereocenters. The zero-order valence-corrected chi connectivity index (χ0v) is 15.2. The van der Waals surface area contributed by atoms with Crippen LogP contribution in [0.3, 0.4) is 0 Å². The lowest BCUT2D eigenvalue weighted by atomic mass is 10.3. The highest BCUT2D eigenvalue weighted by Gasteiger charge is 2.24. The van der Waals surface area contributed by atoms with Gasteiger partial charge >= 0.3 is 0 Å². The van der Waals surface area contributed by atoms with Crippen LogP contribution in [0.2, 0.25) is 0 Å². The Morgan fingerprint density at radius 1 is 1.25 bits per heavy atom. The first-order chi connectivity index (χ1) is 11.6. The number of benzene rings is 1. The molecule has 3 rings (SSSR count). The smallest absolute Gasteiger partial charge is 0.264 e. The number of halogens is 1. The van der Waals surface area contributed by atoms with Gasteiger partial charge in [-0.3, -0.25) is 4.79 Å². The maximum absolute atomic E-state index is 12.1. The van der Waals surface area contributed by atoms with Gasteiger partial charge in [-0.1, -0.05) is 0 Å². The van der Waals surface area contributed by atoms with Crippen molar-refractivity contribution >= 4 is 50.5 Å². The van der Waals surface area contributed by atoms with E-state index in [1.165, 1.54) is 11.8 Å². The molecule has 0 spiro atoms. The Labute approximate surface area is 151 Å². The predicted octanol–water partition coefficient (Wildman–Crippen LogP) is 3.95. The van der Waals surface area contributed by atoms with E-state index in [-0.39, 0.29) is 5.91 Å². The van der Waals surface area contributed by atoms with Crippen LogP contribution in [0.4, 0.5) is 5.69 Å². The molecule has 1 saturated heterocycles. The van der Waals surface area contributed by atoms with Crippen molar-refractivity contribution in [2.24, 2.45) is 4.99 Å². The first-order valence-corrected chi connectivity index (χ1v) is 8.47. The number of ether oxygens (including phenoxy) is 2. The van der Waals surface area contributed by atoms with Crippen molar-refractivity contribution in [3.8, 4) is 11.5 Å². The topological polar surface area (TPSA) is 73.1 Å². The monoisotopic (exact) mass is 408 g/mol. The molecule has 124 valence electrons. The third kappa shape index (κ3) is 3.65. The van der Waals surface area contributed by atoms with Gasteiger partial charge in [0.2, 0.25) is 0 Å². The van der Waals surface area contributed by atoms with Gasteiger partial charge in [0.25, 0.3) is 5.91 Å². The van der Waals surface area contributed by atoms with E-state index in [0.29, 0.717) is 37.7 Å². The summed E-state index contributed by atoms with van der Waals surface area (Å²) in [4.78, 5) is 17.0. The lowest BCUT2D eigenvalue weighted by molar-refractivity contribution is -0.115.